The van der Waals surface area contributed by atoms with Crippen molar-refractivity contribution >= 4 is 21.4 Å². The molecule has 0 radical (unpaired) electrons. The number of hydrogen-bond acceptors (Lipinski definition) is 3. The van der Waals surface area contributed by atoms with Crippen LogP contribution in [0.3, 0.4) is 0 Å². The molecule has 0 saturated carbocycles. The molecule has 122 valence electrons. The van der Waals surface area contributed by atoms with Crippen LogP contribution in [0.2, 0.25) is 0 Å². The zero-order chi connectivity index (χ0) is 17.2. The molecule has 0 heterocycles. The molecule has 0 aliphatic heterocycles. The van der Waals surface area contributed by atoms with E-state index in [1.807, 2.05) is 39.0 Å². The number of aryl methyl sites for hydroxylation is 2. The second kappa shape index (κ2) is 6.54. The quantitative estimate of drug-likeness (QED) is 0.863. The van der Waals surface area contributed by atoms with Crippen molar-refractivity contribution in [2.75, 3.05) is 17.7 Å². The molecule has 2 aromatic carbocycles. The predicted molar refractivity (Wildman–Crippen MR) is 92.8 cm³/mol. The van der Waals surface area contributed by atoms with Gasteiger partial charge < -0.3 is 4.90 Å². The monoisotopic (exact) mass is 331 g/mol. The second-order valence-electron chi connectivity index (χ2n) is 5.70. The molecule has 0 bridgehead atoms. The molecule has 0 saturated heterocycles. The Bertz CT molecular complexity index is 821. The van der Waals surface area contributed by atoms with Crippen molar-refractivity contribution in [1.29, 1.82) is 0 Å². The van der Waals surface area contributed by atoms with Gasteiger partial charge >= 0.3 is 0 Å². The Labute approximate surface area is 137 Å². The fourth-order valence-corrected chi connectivity index (χ4v) is 3.23. The summed E-state index contributed by atoms with van der Waals surface area (Å²) in [6, 6.07) is 12.1. The number of amides is 1. The van der Waals surface area contributed by atoms with Gasteiger partial charge in [0.1, 0.15) is 0 Å². The lowest BCUT2D eigenvalue weighted by Crippen LogP contribution is -2.30. The summed E-state index contributed by atoms with van der Waals surface area (Å²) in [6.45, 7) is 6.37. The number of hydrogen-bond donors (Lipinski definition) is 0. The maximum atomic E-state index is 12.8. The SMILES string of the molecule is CCN(C(=O)c1cccc(S(C)(=O)=O)c1)c1cc(C)cc(C)c1. The topological polar surface area (TPSA) is 54.5 Å². The normalized spacial score (nSPS) is 11.3. The van der Waals surface area contributed by atoms with E-state index >= 15 is 0 Å². The fourth-order valence-electron chi connectivity index (χ4n) is 2.57. The number of carbonyl (C=O) groups is 1. The highest BCUT2D eigenvalue weighted by atomic mass is 32.2. The summed E-state index contributed by atoms with van der Waals surface area (Å²) in [5.74, 6) is -0.206. The highest BCUT2D eigenvalue weighted by Gasteiger charge is 2.18. The minimum absolute atomic E-state index is 0.153. The summed E-state index contributed by atoms with van der Waals surface area (Å²) in [5.41, 5.74) is 3.35. The first kappa shape index (κ1) is 17.2. The first-order valence-electron chi connectivity index (χ1n) is 7.42. The van der Waals surface area contributed by atoms with Gasteiger partial charge in [0.05, 0.1) is 4.90 Å². The van der Waals surface area contributed by atoms with E-state index in [9.17, 15) is 13.2 Å². The van der Waals surface area contributed by atoms with Gasteiger partial charge in [-0.15, -0.1) is 0 Å². The highest BCUT2D eigenvalue weighted by Crippen LogP contribution is 2.22. The third-order valence-corrected chi connectivity index (χ3v) is 4.70. The number of sulfone groups is 1. The van der Waals surface area contributed by atoms with E-state index in [0.717, 1.165) is 23.1 Å². The maximum Gasteiger partial charge on any atom is 0.258 e. The number of carbonyl (C=O) groups excluding carboxylic acids is 1. The molecule has 2 aromatic rings. The van der Waals surface area contributed by atoms with Crippen molar-refractivity contribution < 1.29 is 13.2 Å². The first-order chi connectivity index (χ1) is 10.7. The molecule has 0 aromatic heterocycles. The smallest absolute Gasteiger partial charge is 0.258 e. The summed E-state index contributed by atoms with van der Waals surface area (Å²) >= 11 is 0. The first-order valence-corrected chi connectivity index (χ1v) is 9.32. The Hall–Kier alpha value is -2.14. The summed E-state index contributed by atoms with van der Waals surface area (Å²) in [5, 5.41) is 0. The lowest BCUT2D eigenvalue weighted by Gasteiger charge is -2.22. The van der Waals surface area contributed by atoms with E-state index < -0.39 is 9.84 Å². The molecular weight excluding hydrogens is 310 g/mol. The lowest BCUT2D eigenvalue weighted by atomic mass is 10.1. The van der Waals surface area contributed by atoms with Gasteiger partial charge in [-0.1, -0.05) is 12.1 Å². The van der Waals surface area contributed by atoms with Gasteiger partial charge in [-0.05, 0) is 62.2 Å². The van der Waals surface area contributed by atoms with Crippen LogP contribution >= 0.6 is 0 Å². The standard InChI is InChI=1S/C18H21NO3S/c1-5-19(16-10-13(2)9-14(3)11-16)18(20)15-7-6-8-17(12-15)23(4,21)22/h6-12H,5H2,1-4H3. The molecule has 5 heteroatoms. The van der Waals surface area contributed by atoms with Gasteiger partial charge in [0.15, 0.2) is 9.84 Å². The van der Waals surface area contributed by atoms with Gasteiger partial charge in [-0.2, -0.15) is 0 Å². The summed E-state index contributed by atoms with van der Waals surface area (Å²) in [7, 11) is -3.34. The highest BCUT2D eigenvalue weighted by molar-refractivity contribution is 7.90. The molecule has 2 rings (SSSR count). The summed E-state index contributed by atoms with van der Waals surface area (Å²) in [6.07, 6.45) is 1.14. The van der Waals surface area contributed by atoms with Crippen LogP contribution in [0.1, 0.15) is 28.4 Å². The fraction of sp³-hybridized carbons (Fsp3) is 0.278. The maximum absolute atomic E-state index is 12.8. The average Bonchev–Trinajstić information content (AvgIpc) is 2.46. The van der Waals surface area contributed by atoms with Crippen molar-refractivity contribution in [3.8, 4) is 0 Å². The number of rotatable bonds is 4. The third-order valence-electron chi connectivity index (χ3n) is 3.59. The van der Waals surface area contributed by atoms with E-state index in [2.05, 4.69) is 0 Å². The molecular formula is C18H21NO3S. The Balaban J connectivity index is 2.45. The molecule has 0 aliphatic carbocycles. The minimum atomic E-state index is -3.34. The van der Waals surface area contributed by atoms with Crippen LogP contribution < -0.4 is 4.90 Å². The Morgan fingerprint density at radius 2 is 1.65 bits per heavy atom. The molecule has 0 fully saturated rings. The lowest BCUT2D eigenvalue weighted by molar-refractivity contribution is 0.0988. The van der Waals surface area contributed by atoms with E-state index in [0.29, 0.717) is 12.1 Å². The van der Waals surface area contributed by atoms with Crippen LogP contribution in [-0.4, -0.2) is 27.1 Å². The van der Waals surface area contributed by atoms with E-state index in [1.165, 1.54) is 12.1 Å². The van der Waals surface area contributed by atoms with Crippen molar-refractivity contribution in [2.24, 2.45) is 0 Å². The molecule has 0 spiro atoms. The van der Waals surface area contributed by atoms with Crippen molar-refractivity contribution in [1.82, 2.24) is 0 Å². The Morgan fingerprint density at radius 3 is 2.17 bits per heavy atom. The van der Waals surface area contributed by atoms with E-state index in [4.69, 9.17) is 0 Å². The summed E-state index contributed by atoms with van der Waals surface area (Å²) < 4.78 is 23.4. The van der Waals surface area contributed by atoms with Gasteiger partial charge in [0.25, 0.3) is 5.91 Å². The molecule has 0 unspecified atom stereocenters. The van der Waals surface area contributed by atoms with Crippen LogP contribution in [0, 0.1) is 13.8 Å². The minimum Gasteiger partial charge on any atom is -0.309 e. The van der Waals surface area contributed by atoms with Crippen LogP contribution in [0.5, 0.6) is 0 Å². The van der Waals surface area contributed by atoms with Crippen LogP contribution in [0.25, 0.3) is 0 Å². The van der Waals surface area contributed by atoms with Crippen LogP contribution in [-0.2, 0) is 9.84 Å². The largest absolute Gasteiger partial charge is 0.309 e. The molecule has 4 nitrogen and oxygen atoms in total. The van der Waals surface area contributed by atoms with Crippen molar-refractivity contribution in [3.05, 3.63) is 59.2 Å². The summed E-state index contributed by atoms with van der Waals surface area (Å²) in [4.78, 5) is 14.6. The number of nitrogens with zero attached hydrogens (tertiary/aromatic N) is 1. The van der Waals surface area contributed by atoms with Gasteiger partial charge in [0.2, 0.25) is 0 Å². The Kier molecular flexibility index (Phi) is 4.90. The van der Waals surface area contributed by atoms with Crippen LogP contribution in [0.15, 0.2) is 47.4 Å². The predicted octanol–water partition coefficient (Wildman–Crippen LogP) is 3.37. The molecule has 0 aliphatic rings. The number of anilines is 1. The second-order valence-corrected chi connectivity index (χ2v) is 7.71. The van der Waals surface area contributed by atoms with Gasteiger partial charge in [-0.25, -0.2) is 8.42 Å². The molecule has 0 atom stereocenters. The van der Waals surface area contributed by atoms with Gasteiger partial charge in [0, 0.05) is 24.1 Å². The molecule has 0 N–H and O–H groups in total. The zero-order valence-corrected chi connectivity index (χ0v) is 14.6. The number of benzene rings is 2. The molecule has 23 heavy (non-hydrogen) atoms. The average molecular weight is 331 g/mol. The van der Waals surface area contributed by atoms with E-state index in [1.54, 1.807) is 17.0 Å². The van der Waals surface area contributed by atoms with Crippen molar-refractivity contribution in [2.45, 2.75) is 25.7 Å². The van der Waals surface area contributed by atoms with E-state index in [-0.39, 0.29) is 10.8 Å². The van der Waals surface area contributed by atoms with Crippen molar-refractivity contribution in [3.63, 3.8) is 0 Å². The zero-order valence-electron chi connectivity index (χ0n) is 13.8. The van der Waals surface area contributed by atoms with Crippen LogP contribution in [0.4, 0.5) is 5.69 Å². The van der Waals surface area contributed by atoms with Gasteiger partial charge in [-0.3, -0.25) is 4.79 Å². The Morgan fingerprint density at radius 1 is 1.04 bits per heavy atom. The third kappa shape index (κ3) is 3.99. The molecule has 1 amide bonds.